The highest BCUT2D eigenvalue weighted by Gasteiger charge is 2.18. The van der Waals surface area contributed by atoms with E-state index in [1.165, 1.54) is 0 Å². The number of benzene rings is 1. The Hall–Kier alpha value is -1.30. The summed E-state index contributed by atoms with van der Waals surface area (Å²) in [5.41, 5.74) is 0.885. The number of amides is 1. The van der Waals surface area contributed by atoms with E-state index in [4.69, 9.17) is 21.1 Å². The molecule has 6 heteroatoms. The maximum absolute atomic E-state index is 12.1. The topological polar surface area (TPSA) is 50.8 Å². The third-order valence-electron chi connectivity index (χ3n) is 3.34. The van der Waals surface area contributed by atoms with Gasteiger partial charge in [0.15, 0.2) is 6.61 Å². The number of rotatable bonds is 6. The van der Waals surface area contributed by atoms with E-state index >= 15 is 0 Å². The van der Waals surface area contributed by atoms with Gasteiger partial charge in [0.1, 0.15) is 5.75 Å². The molecule has 116 valence electrons. The SMILES string of the molecule is CCNCc1c(Cl)cccc1OCC(=O)N1CCOCC1. The third-order valence-corrected chi connectivity index (χ3v) is 3.70. The molecule has 1 aromatic carbocycles. The predicted molar refractivity (Wildman–Crippen MR) is 81.7 cm³/mol. The van der Waals surface area contributed by atoms with Crippen LogP contribution in [0, 0.1) is 0 Å². The lowest BCUT2D eigenvalue weighted by Gasteiger charge is -2.26. The number of carbonyl (C=O) groups is 1. The number of nitrogens with zero attached hydrogens (tertiary/aromatic N) is 1. The minimum absolute atomic E-state index is 0.0207. The van der Waals surface area contributed by atoms with Gasteiger partial charge in [-0.15, -0.1) is 0 Å². The highest BCUT2D eigenvalue weighted by atomic mass is 35.5. The first-order valence-electron chi connectivity index (χ1n) is 7.18. The van der Waals surface area contributed by atoms with Gasteiger partial charge >= 0.3 is 0 Å². The van der Waals surface area contributed by atoms with Crippen molar-refractivity contribution in [3.05, 3.63) is 28.8 Å². The van der Waals surface area contributed by atoms with Crippen molar-refractivity contribution >= 4 is 17.5 Å². The number of carbonyl (C=O) groups excluding carboxylic acids is 1. The van der Waals surface area contributed by atoms with E-state index in [1.54, 1.807) is 4.90 Å². The van der Waals surface area contributed by atoms with Gasteiger partial charge < -0.3 is 19.7 Å². The Morgan fingerprint density at radius 3 is 2.90 bits per heavy atom. The monoisotopic (exact) mass is 312 g/mol. The second kappa shape index (κ2) is 8.22. The van der Waals surface area contributed by atoms with E-state index in [9.17, 15) is 4.79 Å². The molecule has 1 aliphatic heterocycles. The van der Waals surface area contributed by atoms with E-state index in [0.29, 0.717) is 43.6 Å². The Balaban J connectivity index is 1.95. The van der Waals surface area contributed by atoms with Crippen LogP contribution in [-0.4, -0.2) is 50.3 Å². The molecule has 1 aromatic rings. The second-order valence-corrected chi connectivity index (χ2v) is 5.19. The zero-order valence-electron chi connectivity index (χ0n) is 12.2. The predicted octanol–water partition coefficient (Wildman–Crippen LogP) is 1.69. The van der Waals surface area contributed by atoms with Crippen LogP contribution in [0.5, 0.6) is 5.75 Å². The molecule has 0 spiro atoms. The van der Waals surface area contributed by atoms with Gasteiger partial charge in [-0.2, -0.15) is 0 Å². The molecule has 1 aliphatic rings. The van der Waals surface area contributed by atoms with E-state index in [-0.39, 0.29) is 12.5 Å². The number of nitrogens with one attached hydrogen (secondary N) is 1. The van der Waals surface area contributed by atoms with Gasteiger partial charge in [0.25, 0.3) is 5.91 Å². The van der Waals surface area contributed by atoms with Gasteiger partial charge in [0.05, 0.1) is 13.2 Å². The Morgan fingerprint density at radius 1 is 1.43 bits per heavy atom. The fraction of sp³-hybridized carbons (Fsp3) is 0.533. The molecule has 0 aliphatic carbocycles. The summed E-state index contributed by atoms with van der Waals surface area (Å²) in [7, 11) is 0. The average molecular weight is 313 g/mol. The van der Waals surface area contributed by atoms with Crippen LogP contribution in [0.2, 0.25) is 5.02 Å². The summed E-state index contributed by atoms with van der Waals surface area (Å²) in [4.78, 5) is 13.8. The molecule has 1 saturated heterocycles. The van der Waals surface area contributed by atoms with Crippen molar-refractivity contribution in [3.63, 3.8) is 0 Å². The maximum atomic E-state index is 12.1. The first kappa shape index (κ1) is 16.1. The standard InChI is InChI=1S/C15H21ClN2O3/c1-2-17-10-12-13(16)4-3-5-14(12)21-11-15(19)18-6-8-20-9-7-18/h3-5,17H,2,6-11H2,1H3. The van der Waals surface area contributed by atoms with Crippen LogP contribution < -0.4 is 10.1 Å². The summed E-state index contributed by atoms with van der Waals surface area (Å²) < 4.78 is 10.9. The number of hydrogen-bond donors (Lipinski definition) is 1. The minimum Gasteiger partial charge on any atom is -0.483 e. The van der Waals surface area contributed by atoms with Crippen molar-refractivity contribution < 1.29 is 14.3 Å². The largest absolute Gasteiger partial charge is 0.483 e. The fourth-order valence-electron chi connectivity index (χ4n) is 2.14. The summed E-state index contributed by atoms with van der Waals surface area (Å²) >= 11 is 6.20. The Morgan fingerprint density at radius 2 is 2.19 bits per heavy atom. The lowest BCUT2D eigenvalue weighted by molar-refractivity contribution is -0.137. The van der Waals surface area contributed by atoms with Crippen molar-refractivity contribution in [1.82, 2.24) is 10.2 Å². The Kier molecular flexibility index (Phi) is 6.29. The normalized spacial score (nSPS) is 15.0. The molecular formula is C15H21ClN2O3. The fourth-order valence-corrected chi connectivity index (χ4v) is 2.37. The van der Waals surface area contributed by atoms with E-state index in [0.717, 1.165) is 12.1 Å². The first-order valence-corrected chi connectivity index (χ1v) is 7.56. The maximum Gasteiger partial charge on any atom is 0.260 e. The van der Waals surface area contributed by atoms with Crippen molar-refractivity contribution in [1.29, 1.82) is 0 Å². The quantitative estimate of drug-likeness (QED) is 0.868. The first-order chi connectivity index (χ1) is 10.2. The highest BCUT2D eigenvalue weighted by molar-refractivity contribution is 6.31. The summed E-state index contributed by atoms with van der Waals surface area (Å²) in [5.74, 6) is 0.637. The molecule has 1 fully saturated rings. The van der Waals surface area contributed by atoms with Crippen LogP contribution in [0.3, 0.4) is 0 Å². The molecule has 0 unspecified atom stereocenters. The molecule has 21 heavy (non-hydrogen) atoms. The number of hydrogen-bond acceptors (Lipinski definition) is 4. The highest BCUT2D eigenvalue weighted by Crippen LogP contribution is 2.26. The molecule has 0 radical (unpaired) electrons. The minimum atomic E-state index is -0.0207. The zero-order chi connectivity index (χ0) is 15.1. The van der Waals surface area contributed by atoms with E-state index in [1.807, 2.05) is 25.1 Å². The molecule has 0 saturated carbocycles. The number of halogens is 1. The van der Waals surface area contributed by atoms with Crippen LogP contribution in [0.1, 0.15) is 12.5 Å². The Labute approximate surface area is 130 Å². The molecule has 0 bridgehead atoms. The van der Waals surface area contributed by atoms with Gasteiger partial charge in [-0.05, 0) is 18.7 Å². The van der Waals surface area contributed by atoms with Crippen molar-refractivity contribution in [2.75, 3.05) is 39.5 Å². The van der Waals surface area contributed by atoms with Crippen LogP contribution in [0.4, 0.5) is 0 Å². The molecular weight excluding hydrogens is 292 g/mol. The van der Waals surface area contributed by atoms with Crippen LogP contribution in [0.15, 0.2) is 18.2 Å². The number of morpholine rings is 1. The average Bonchev–Trinajstić information content (AvgIpc) is 2.52. The summed E-state index contributed by atoms with van der Waals surface area (Å²) in [5, 5.41) is 3.87. The van der Waals surface area contributed by atoms with Gasteiger partial charge in [0, 0.05) is 30.2 Å². The lowest BCUT2D eigenvalue weighted by Crippen LogP contribution is -2.43. The van der Waals surface area contributed by atoms with Gasteiger partial charge in [-0.3, -0.25) is 4.79 Å². The van der Waals surface area contributed by atoms with Crippen LogP contribution in [-0.2, 0) is 16.1 Å². The molecule has 2 rings (SSSR count). The molecule has 0 atom stereocenters. The molecule has 1 amide bonds. The zero-order valence-corrected chi connectivity index (χ0v) is 13.0. The summed E-state index contributed by atoms with van der Waals surface area (Å²) in [6.07, 6.45) is 0. The smallest absolute Gasteiger partial charge is 0.260 e. The third kappa shape index (κ3) is 4.59. The molecule has 1 N–H and O–H groups in total. The van der Waals surface area contributed by atoms with Gasteiger partial charge in [-0.1, -0.05) is 24.6 Å². The van der Waals surface area contributed by atoms with Crippen molar-refractivity contribution in [2.24, 2.45) is 0 Å². The Bertz CT molecular complexity index is 476. The molecule has 1 heterocycles. The van der Waals surface area contributed by atoms with Crippen molar-refractivity contribution in [2.45, 2.75) is 13.5 Å². The summed E-state index contributed by atoms with van der Waals surface area (Å²) in [6.45, 7) is 5.96. The molecule has 5 nitrogen and oxygen atoms in total. The van der Waals surface area contributed by atoms with Crippen LogP contribution >= 0.6 is 11.6 Å². The summed E-state index contributed by atoms with van der Waals surface area (Å²) in [6, 6.07) is 5.49. The van der Waals surface area contributed by atoms with Gasteiger partial charge in [0.2, 0.25) is 0 Å². The molecule has 0 aromatic heterocycles. The van der Waals surface area contributed by atoms with E-state index in [2.05, 4.69) is 5.32 Å². The van der Waals surface area contributed by atoms with Crippen molar-refractivity contribution in [3.8, 4) is 5.75 Å². The lowest BCUT2D eigenvalue weighted by atomic mass is 10.2. The number of ether oxygens (including phenoxy) is 2. The second-order valence-electron chi connectivity index (χ2n) is 4.78. The van der Waals surface area contributed by atoms with E-state index < -0.39 is 0 Å². The van der Waals surface area contributed by atoms with Gasteiger partial charge in [-0.25, -0.2) is 0 Å². The van der Waals surface area contributed by atoms with Crippen LogP contribution in [0.25, 0.3) is 0 Å².